The maximum Gasteiger partial charge on any atom is 0.322 e. The van der Waals surface area contributed by atoms with Crippen LogP contribution in [0.4, 0.5) is 0 Å². The number of aromatic hydroxyl groups is 1. The minimum Gasteiger partial charge on any atom is -0.504 e. The minimum atomic E-state index is -1.46. The van der Waals surface area contributed by atoms with Crippen LogP contribution in [0.25, 0.3) is 0 Å². The molecule has 12 nitrogen and oxygen atoms in total. The highest BCUT2D eigenvalue weighted by atomic mass is 16.5. The van der Waals surface area contributed by atoms with Gasteiger partial charge in [0, 0.05) is 0 Å². The second kappa shape index (κ2) is 12.0. The maximum atomic E-state index is 13.4. The number of phenols is 1. The average Bonchev–Trinajstić information content (AvgIpc) is 2.81. The fraction of sp³-hybridized carbons (Fsp3) is 0.583. The summed E-state index contributed by atoms with van der Waals surface area (Å²) < 4.78 is 6.08. The zero-order valence-electron chi connectivity index (χ0n) is 21.1. The molecule has 2 bridgehead atoms. The highest BCUT2D eigenvalue weighted by molar-refractivity contribution is 5.94. The van der Waals surface area contributed by atoms with Crippen molar-refractivity contribution < 1.29 is 39.2 Å². The zero-order chi connectivity index (χ0) is 27.2. The summed E-state index contributed by atoms with van der Waals surface area (Å²) in [7, 11) is 1.48. The van der Waals surface area contributed by atoms with Crippen LogP contribution in [0.1, 0.15) is 52.2 Å². The zero-order valence-corrected chi connectivity index (χ0v) is 21.1. The summed E-state index contributed by atoms with van der Waals surface area (Å²) in [4.78, 5) is 50.6. The molecule has 3 amide bonds. The molecule has 0 aliphatic carbocycles. The summed E-state index contributed by atoms with van der Waals surface area (Å²) >= 11 is 0. The van der Waals surface area contributed by atoms with Crippen LogP contribution in [0.5, 0.6) is 11.5 Å². The van der Waals surface area contributed by atoms with Crippen LogP contribution in [0.3, 0.4) is 0 Å². The molecule has 1 heterocycles. The number of hydrogen-bond acceptors (Lipinski definition) is 8. The van der Waals surface area contributed by atoms with Gasteiger partial charge in [0.15, 0.2) is 11.5 Å². The summed E-state index contributed by atoms with van der Waals surface area (Å²) in [6.45, 7) is 6.26. The van der Waals surface area contributed by atoms with Gasteiger partial charge in [0.2, 0.25) is 17.7 Å². The number of amides is 3. The molecule has 1 aliphatic heterocycles. The number of aliphatic hydroxyl groups excluding tert-OH is 1. The van der Waals surface area contributed by atoms with E-state index in [1.54, 1.807) is 6.92 Å². The average molecular weight is 509 g/mol. The second-order valence-electron chi connectivity index (χ2n) is 9.45. The third kappa shape index (κ3) is 6.85. The molecule has 200 valence electrons. The Morgan fingerprint density at radius 2 is 1.86 bits per heavy atom. The molecule has 36 heavy (non-hydrogen) atoms. The van der Waals surface area contributed by atoms with Gasteiger partial charge in [-0.2, -0.15) is 0 Å². The summed E-state index contributed by atoms with van der Waals surface area (Å²) in [6, 6.07) is 0.470. The van der Waals surface area contributed by atoms with E-state index in [9.17, 15) is 29.4 Å². The predicted octanol–water partition coefficient (Wildman–Crippen LogP) is -0.209. The highest BCUT2D eigenvalue weighted by Crippen LogP contribution is 2.35. The lowest BCUT2D eigenvalue weighted by Gasteiger charge is -2.37. The number of carboxylic acids is 1. The van der Waals surface area contributed by atoms with Crippen LogP contribution in [-0.4, -0.2) is 76.3 Å². The van der Waals surface area contributed by atoms with Gasteiger partial charge >= 0.3 is 5.97 Å². The van der Waals surface area contributed by atoms with E-state index in [1.807, 2.05) is 13.8 Å². The number of ether oxygens (including phenoxy) is 1. The van der Waals surface area contributed by atoms with Gasteiger partial charge in [-0.3, -0.25) is 19.2 Å². The smallest absolute Gasteiger partial charge is 0.322 e. The van der Waals surface area contributed by atoms with E-state index in [0.29, 0.717) is 0 Å². The Bertz CT molecular complexity index is 985. The van der Waals surface area contributed by atoms with Crippen molar-refractivity contribution in [2.24, 2.45) is 5.92 Å². The molecule has 1 aromatic rings. The third-order valence-electron chi connectivity index (χ3n) is 6.19. The van der Waals surface area contributed by atoms with Crippen molar-refractivity contribution in [2.45, 2.75) is 70.4 Å². The predicted molar refractivity (Wildman–Crippen MR) is 129 cm³/mol. The first-order chi connectivity index (χ1) is 16.8. The number of carboxylic acid groups (broad SMARTS) is 1. The minimum absolute atomic E-state index is 0.0188. The van der Waals surface area contributed by atoms with Crippen molar-refractivity contribution in [3.63, 3.8) is 0 Å². The Kier molecular flexibility index (Phi) is 9.65. The molecule has 0 aromatic heterocycles. The molecule has 1 aromatic carbocycles. The number of carbonyl (C=O) groups excluding carboxylic acids is 3. The molecule has 7 N–H and O–H groups in total. The quantitative estimate of drug-likeness (QED) is 0.262. The van der Waals surface area contributed by atoms with Gasteiger partial charge in [0.1, 0.15) is 36.4 Å². The number of aliphatic hydroxyl groups is 1. The Morgan fingerprint density at radius 1 is 1.19 bits per heavy atom. The largest absolute Gasteiger partial charge is 0.504 e. The molecule has 0 unspecified atom stereocenters. The van der Waals surface area contributed by atoms with Crippen molar-refractivity contribution in [3.8, 4) is 11.5 Å². The number of carbonyl (C=O) groups is 4. The topological polar surface area (TPSA) is 186 Å². The molecule has 12 heteroatoms. The first-order valence-corrected chi connectivity index (χ1v) is 11.8. The lowest BCUT2D eigenvalue weighted by Crippen LogP contribution is -2.64. The van der Waals surface area contributed by atoms with E-state index in [-0.39, 0.29) is 35.8 Å². The Balaban J connectivity index is 2.66. The molecular weight excluding hydrogens is 472 g/mol. The van der Waals surface area contributed by atoms with Gasteiger partial charge in [-0.15, -0.1) is 0 Å². The highest BCUT2D eigenvalue weighted by Gasteiger charge is 2.43. The molecule has 0 saturated carbocycles. The van der Waals surface area contributed by atoms with Gasteiger partial charge in [0.25, 0.3) is 0 Å². The van der Waals surface area contributed by atoms with Crippen molar-refractivity contribution >= 4 is 23.7 Å². The first-order valence-electron chi connectivity index (χ1n) is 11.8. The number of fused-ring (bicyclic) bond motifs is 2. The monoisotopic (exact) mass is 508 g/mol. The molecule has 2 rings (SSSR count). The molecule has 1 aliphatic rings. The van der Waals surface area contributed by atoms with Crippen molar-refractivity contribution in [3.05, 3.63) is 23.8 Å². The Labute approximate surface area is 209 Å². The van der Waals surface area contributed by atoms with Crippen LogP contribution in [-0.2, 0) is 19.2 Å². The van der Waals surface area contributed by atoms with Crippen LogP contribution >= 0.6 is 0 Å². The third-order valence-corrected chi connectivity index (χ3v) is 6.19. The molecule has 0 fully saturated rings. The number of benzene rings is 1. The van der Waals surface area contributed by atoms with E-state index in [4.69, 9.17) is 9.84 Å². The number of aliphatic carboxylic acids is 1. The Morgan fingerprint density at radius 3 is 2.42 bits per heavy atom. The summed E-state index contributed by atoms with van der Waals surface area (Å²) in [5.74, 6) is -3.82. The fourth-order valence-corrected chi connectivity index (χ4v) is 3.98. The van der Waals surface area contributed by atoms with E-state index in [2.05, 4.69) is 21.3 Å². The van der Waals surface area contributed by atoms with Crippen LogP contribution in [0.2, 0.25) is 0 Å². The maximum absolute atomic E-state index is 13.4. The number of phenolic OH excluding ortho intramolecular Hbond substituents is 1. The van der Waals surface area contributed by atoms with Gasteiger partial charge in [-0.05, 0) is 50.4 Å². The molecule has 0 saturated heterocycles. The lowest BCUT2D eigenvalue weighted by molar-refractivity contribution is -0.141. The van der Waals surface area contributed by atoms with Crippen LogP contribution < -0.4 is 26.0 Å². The summed E-state index contributed by atoms with van der Waals surface area (Å²) in [5.41, 5.74) is -1.20. The Hall–Kier alpha value is -3.38. The van der Waals surface area contributed by atoms with Gasteiger partial charge < -0.3 is 41.3 Å². The number of nitrogens with one attached hydrogen (secondary N) is 4. The van der Waals surface area contributed by atoms with E-state index in [1.165, 1.54) is 32.2 Å². The van der Waals surface area contributed by atoms with Crippen LogP contribution in [0.15, 0.2) is 18.2 Å². The standard InChI is InChI=1S/C24H36N4O8/c1-6-24(4)20(23(35)26-11-17(30)31)28-21(33)14(9-12(2)3)27-22(34)18(25-5)19(32)13-7-8-15(29)16(10-13)36-24/h7-8,10,12,14,18-20,25,29,32H,6,9,11H2,1-5H3,(H,26,35)(H,27,34)(H,28,33)(H,30,31)/t14-,18-,19+,20+,24+/m0/s1. The van der Waals surface area contributed by atoms with E-state index >= 15 is 0 Å². The second-order valence-corrected chi connectivity index (χ2v) is 9.45. The van der Waals surface area contributed by atoms with Crippen molar-refractivity contribution in [1.29, 1.82) is 0 Å². The first kappa shape index (κ1) is 28.9. The summed E-state index contributed by atoms with van der Waals surface area (Å²) in [6.07, 6.45) is -0.972. The van der Waals surface area contributed by atoms with Crippen LogP contribution in [0, 0.1) is 5.92 Å². The molecule has 0 spiro atoms. The summed E-state index contributed by atoms with van der Waals surface area (Å²) in [5, 5.41) is 40.7. The van der Waals surface area contributed by atoms with Gasteiger partial charge in [-0.1, -0.05) is 26.8 Å². The van der Waals surface area contributed by atoms with E-state index in [0.717, 1.165) is 0 Å². The fourth-order valence-electron chi connectivity index (χ4n) is 3.98. The number of likely N-dealkylation sites (N-methyl/N-ethyl adjacent to an activating group) is 1. The van der Waals surface area contributed by atoms with Crippen molar-refractivity contribution in [1.82, 2.24) is 21.3 Å². The SMILES string of the molecule is CC[C@@]1(C)Oc2cc(ccc2O)[C@@H](O)[C@H](NC)C(=O)N[C@@H](CC(C)C)C(=O)N[C@@H]1C(=O)NCC(=O)O. The molecular formula is C24H36N4O8. The normalized spacial score (nSPS) is 27.0. The van der Waals surface area contributed by atoms with Gasteiger partial charge in [0.05, 0.1) is 0 Å². The lowest BCUT2D eigenvalue weighted by atomic mass is 9.91. The van der Waals surface area contributed by atoms with E-state index < -0.39 is 60.1 Å². The number of rotatable bonds is 7. The molecule has 5 atom stereocenters. The van der Waals surface area contributed by atoms with Gasteiger partial charge in [-0.25, -0.2) is 0 Å². The van der Waals surface area contributed by atoms with Crippen molar-refractivity contribution in [2.75, 3.05) is 13.6 Å². The number of hydrogen-bond donors (Lipinski definition) is 7. The molecule has 0 radical (unpaired) electrons.